The molecule has 2 saturated heterocycles. The fourth-order valence-electron chi connectivity index (χ4n) is 6.21. The number of amides is 1. The largest absolute Gasteiger partial charge is 0.495 e. The number of methoxy groups -OCH3 is 1. The molecule has 3 aromatic rings. The highest BCUT2D eigenvalue weighted by molar-refractivity contribution is 7.70. The molecule has 12 heteroatoms. The summed E-state index contributed by atoms with van der Waals surface area (Å²) in [4.78, 5) is 25.9. The Morgan fingerprint density at radius 2 is 1.67 bits per heavy atom. The van der Waals surface area contributed by atoms with Gasteiger partial charge in [0.05, 0.1) is 24.7 Å². The minimum absolute atomic E-state index is 0.205. The summed E-state index contributed by atoms with van der Waals surface area (Å²) in [6, 6.07) is 14.2. The highest BCUT2D eigenvalue weighted by Crippen LogP contribution is 2.39. The van der Waals surface area contributed by atoms with Crippen LogP contribution in [0.1, 0.15) is 57.9 Å². The number of carbonyl (C=O) groups excluding carboxylic acids is 1. The third-order valence-corrected chi connectivity index (χ3v) is 10.4. The summed E-state index contributed by atoms with van der Waals surface area (Å²) < 4.78 is 24.2. The van der Waals surface area contributed by atoms with Crippen molar-refractivity contribution in [2.45, 2.75) is 64.0 Å². The number of nitrogens with one attached hydrogen (secondary N) is 2. The smallest absolute Gasteiger partial charge is 0.410 e. The lowest BCUT2D eigenvalue weighted by molar-refractivity contribution is 0.0127. The summed E-state index contributed by atoms with van der Waals surface area (Å²) >= 11 is 6.45. The van der Waals surface area contributed by atoms with Gasteiger partial charge in [-0.3, -0.25) is 0 Å². The number of para-hydroxylation sites is 1. The normalized spacial score (nSPS) is 17.1. The molecule has 0 unspecified atom stereocenters. The van der Waals surface area contributed by atoms with E-state index in [4.69, 9.17) is 21.1 Å². The van der Waals surface area contributed by atoms with Gasteiger partial charge in [0.25, 0.3) is 0 Å². The first-order chi connectivity index (χ1) is 21.8. The highest BCUT2D eigenvalue weighted by Gasteiger charge is 2.32. The summed E-state index contributed by atoms with van der Waals surface area (Å²) in [6.45, 7) is 12.8. The molecule has 2 N–H and O–H groups in total. The second kappa shape index (κ2) is 14.2. The molecule has 0 saturated carbocycles. The van der Waals surface area contributed by atoms with Crippen molar-refractivity contribution in [2.75, 3.05) is 57.3 Å². The summed E-state index contributed by atoms with van der Waals surface area (Å²) in [5, 5.41) is 7.60. The van der Waals surface area contributed by atoms with Gasteiger partial charge in [-0.05, 0) is 109 Å². The van der Waals surface area contributed by atoms with E-state index >= 15 is 0 Å². The van der Waals surface area contributed by atoms with Gasteiger partial charge in [0, 0.05) is 24.4 Å². The Morgan fingerprint density at radius 3 is 2.33 bits per heavy atom. The second-order valence-electron chi connectivity index (χ2n) is 13.5. The number of carbonyl (C=O) groups is 1. The topological polar surface area (TPSA) is 109 Å². The number of likely N-dealkylation sites (tertiary alicyclic amines) is 2. The van der Waals surface area contributed by atoms with E-state index in [0.29, 0.717) is 40.2 Å². The molecule has 10 nitrogen and oxygen atoms in total. The van der Waals surface area contributed by atoms with E-state index in [2.05, 4.69) is 37.6 Å². The van der Waals surface area contributed by atoms with Crippen LogP contribution in [0.5, 0.6) is 5.75 Å². The molecule has 0 spiro atoms. The van der Waals surface area contributed by atoms with Crippen molar-refractivity contribution in [2.24, 2.45) is 0 Å². The van der Waals surface area contributed by atoms with E-state index < -0.39 is 12.7 Å². The fraction of sp³-hybridized carbons (Fsp3) is 0.500. The second-order valence-corrected chi connectivity index (χ2v) is 17.1. The van der Waals surface area contributed by atoms with Gasteiger partial charge in [-0.15, -0.1) is 0 Å². The fourth-order valence-corrected chi connectivity index (χ4v) is 7.51. The van der Waals surface area contributed by atoms with Crippen molar-refractivity contribution in [3.8, 4) is 5.75 Å². The Hall–Kier alpha value is -3.33. The number of hydrogen-bond acceptors (Lipinski definition) is 9. The van der Waals surface area contributed by atoms with Crippen LogP contribution in [0.2, 0.25) is 5.02 Å². The summed E-state index contributed by atoms with van der Waals surface area (Å²) in [6.07, 6.45) is 5.43. The number of piperidine rings is 2. The maximum atomic E-state index is 12.8. The van der Waals surface area contributed by atoms with Crippen LogP contribution in [0.25, 0.3) is 0 Å². The Bertz CT molecular complexity index is 1580. The van der Waals surface area contributed by atoms with Gasteiger partial charge in [-0.2, -0.15) is 4.98 Å². The summed E-state index contributed by atoms with van der Waals surface area (Å²) in [5.74, 6) is 1.93. The van der Waals surface area contributed by atoms with Crippen LogP contribution < -0.4 is 20.7 Å². The number of rotatable bonds is 8. The molecule has 248 valence electrons. The lowest BCUT2D eigenvalue weighted by atomic mass is 9.87. The zero-order valence-electron chi connectivity index (χ0n) is 27.7. The molecule has 3 heterocycles. The van der Waals surface area contributed by atoms with Crippen LogP contribution >= 0.6 is 18.7 Å². The number of aromatic nitrogens is 2. The first-order valence-electron chi connectivity index (χ1n) is 15.9. The number of halogens is 1. The van der Waals surface area contributed by atoms with Crippen LogP contribution in [0.15, 0.2) is 48.7 Å². The minimum atomic E-state index is -2.53. The van der Waals surface area contributed by atoms with Crippen LogP contribution in [-0.2, 0) is 9.30 Å². The molecular weight excluding hydrogens is 623 g/mol. The number of benzene rings is 2. The zero-order valence-corrected chi connectivity index (χ0v) is 29.3. The van der Waals surface area contributed by atoms with Crippen molar-refractivity contribution < 1.29 is 18.8 Å². The highest BCUT2D eigenvalue weighted by atomic mass is 35.5. The molecule has 1 aromatic heterocycles. The molecule has 0 bridgehead atoms. The van der Waals surface area contributed by atoms with E-state index in [9.17, 15) is 9.36 Å². The third-order valence-electron chi connectivity index (χ3n) is 8.59. The molecule has 46 heavy (non-hydrogen) atoms. The van der Waals surface area contributed by atoms with Gasteiger partial charge in [0.15, 0.2) is 5.82 Å². The molecule has 2 aliphatic heterocycles. The Morgan fingerprint density at radius 1 is 0.978 bits per heavy atom. The van der Waals surface area contributed by atoms with Crippen LogP contribution in [-0.4, -0.2) is 84.1 Å². The first-order valence-corrected chi connectivity index (χ1v) is 18.9. The SMILES string of the molecule is COc1cc(C2CCN(C3CCN(C(=O)OC(C)(C)C)CC3)CC2)ccc1Nc1ncc(Cl)c(Nc2ccccc2P(C)(C)=O)n1. The lowest BCUT2D eigenvalue weighted by Gasteiger charge is -2.42. The van der Waals surface area contributed by atoms with Gasteiger partial charge in [-0.25, -0.2) is 9.78 Å². The zero-order chi connectivity index (χ0) is 33.1. The molecule has 2 aromatic carbocycles. The number of ether oxygens (including phenoxy) is 2. The maximum absolute atomic E-state index is 12.8. The minimum Gasteiger partial charge on any atom is -0.495 e. The lowest BCUT2D eigenvalue weighted by Crippen LogP contribution is -2.49. The number of nitrogens with zero attached hydrogens (tertiary/aromatic N) is 4. The molecule has 1 amide bonds. The predicted molar refractivity (Wildman–Crippen MR) is 187 cm³/mol. The standard InChI is InChI=1S/C34H46ClN6O4P/c1-34(2,3)45-33(42)41-19-15-25(16-20-41)40-17-13-23(14-18-40)24-11-12-27(29(21-24)44-4)38-32-36-22-26(35)31(39-32)37-28-9-7-8-10-30(28)46(5,6)43/h7-12,21-23,25H,13-20H2,1-6H3,(H2,36,37,38,39). The van der Waals surface area contributed by atoms with Gasteiger partial charge in [0.1, 0.15) is 23.5 Å². The molecule has 2 aliphatic rings. The van der Waals surface area contributed by atoms with Crippen LogP contribution in [0, 0.1) is 0 Å². The number of hydrogen-bond donors (Lipinski definition) is 2. The van der Waals surface area contributed by atoms with Crippen molar-refractivity contribution in [1.82, 2.24) is 19.8 Å². The van der Waals surface area contributed by atoms with E-state index in [1.54, 1.807) is 20.4 Å². The van der Waals surface area contributed by atoms with Crippen LogP contribution in [0.3, 0.4) is 0 Å². The quantitative estimate of drug-likeness (QED) is 0.237. The Kier molecular flexibility index (Phi) is 10.5. The summed E-state index contributed by atoms with van der Waals surface area (Å²) in [7, 11) is -0.862. The molecule has 0 atom stereocenters. The predicted octanol–water partition coefficient (Wildman–Crippen LogP) is 7.45. The molecular formula is C34H46ClN6O4P. The Balaban J connectivity index is 1.19. The average molecular weight is 669 g/mol. The number of anilines is 4. The van der Waals surface area contributed by atoms with Crippen molar-refractivity contribution in [3.05, 3.63) is 59.2 Å². The van der Waals surface area contributed by atoms with E-state index in [0.717, 1.165) is 62.9 Å². The summed E-state index contributed by atoms with van der Waals surface area (Å²) in [5.41, 5.74) is 2.23. The molecule has 2 fully saturated rings. The molecule has 0 radical (unpaired) electrons. The van der Waals surface area contributed by atoms with Gasteiger partial charge >= 0.3 is 6.09 Å². The van der Waals surface area contributed by atoms with E-state index in [-0.39, 0.29) is 6.09 Å². The molecule has 0 aliphatic carbocycles. The van der Waals surface area contributed by atoms with Crippen molar-refractivity contribution in [3.63, 3.8) is 0 Å². The third kappa shape index (κ3) is 8.52. The monoisotopic (exact) mass is 668 g/mol. The van der Waals surface area contributed by atoms with Crippen molar-refractivity contribution >= 4 is 53.3 Å². The van der Waals surface area contributed by atoms with E-state index in [1.807, 2.05) is 56.0 Å². The first kappa shape index (κ1) is 34.0. The van der Waals surface area contributed by atoms with Crippen molar-refractivity contribution in [1.29, 1.82) is 0 Å². The Labute approximate surface area is 277 Å². The van der Waals surface area contributed by atoms with E-state index in [1.165, 1.54) is 11.8 Å². The van der Waals surface area contributed by atoms with Gasteiger partial charge < -0.3 is 34.5 Å². The van der Waals surface area contributed by atoms with Gasteiger partial charge in [0.2, 0.25) is 5.95 Å². The van der Waals surface area contributed by atoms with Gasteiger partial charge in [-0.1, -0.05) is 29.8 Å². The average Bonchev–Trinajstić information content (AvgIpc) is 3.02. The molecule has 5 rings (SSSR count). The van der Waals surface area contributed by atoms with Crippen LogP contribution in [0.4, 0.5) is 27.9 Å². The maximum Gasteiger partial charge on any atom is 0.410 e.